The number of fused-ring (bicyclic) bond motifs is 4. The molecule has 17 rings (SSSR count). The summed E-state index contributed by atoms with van der Waals surface area (Å²) in [5.74, 6) is 1.75. The molecule has 2 heterocycles. The maximum Gasteiger partial charge on any atom is 1.00 e. The molecule has 15 aromatic carbocycles. The summed E-state index contributed by atoms with van der Waals surface area (Å²) in [6, 6.07) is 64.4. The Hall–Kier alpha value is -6.80. The Morgan fingerprint density at radius 1 is 0.350 bits per heavy atom. The maximum atomic E-state index is 15.4. The molecule has 117 heavy (non-hydrogen) atoms. The molecule has 18 heteroatoms. The topological polar surface area (TPSA) is 163 Å². The van der Waals surface area contributed by atoms with Crippen LogP contribution in [0.1, 0.15) is 223 Å². The van der Waals surface area contributed by atoms with Crippen molar-refractivity contribution < 1.29 is 153 Å². The molecule has 0 spiro atoms. The van der Waals surface area contributed by atoms with Gasteiger partial charge in [0.1, 0.15) is 28.7 Å². The van der Waals surface area contributed by atoms with Crippen molar-refractivity contribution in [2.45, 2.75) is 158 Å². The fourth-order valence-electron chi connectivity index (χ4n) is 16.5. The molecule has 0 radical (unpaired) electrons. The third kappa shape index (κ3) is 16.5. The van der Waals surface area contributed by atoms with Crippen LogP contribution in [0.25, 0.3) is 86.2 Å². The quantitative estimate of drug-likeness (QED) is 0.0251. The molecule has 0 aliphatic carbocycles. The number of hydrogen-bond donors (Lipinski definition) is 1. The van der Waals surface area contributed by atoms with E-state index in [1.54, 1.807) is 12.1 Å². The molecule has 2 aliphatic rings. The van der Waals surface area contributed by atoms with Gasteiger partial charge >= 0.3 is 103 Å². The average Bonchev–Trinajstić information content (AvgIpc) is 0.690. The van der Waals surface area contributed by atoms with Crippen LogP contribution in [0.15, 0.2) is 212 Å². The van der Waals surface area contributed by atoms with E-state index in [1.807, 2.05) is 97.1 Å². The van der Waals surface area contributed by atoms with Gasteiger partial charge in [-0.15, -0.1) is 0 Å². The van der Waals surface area contributed by atoms with E-state index in [-0.39, 0.29) is 174 Å². The smallest absolute Gasteiger partial charge is 1.00 e. The molecule has 2 aliphatic heterocycles. The number of amides is 4. The van der Waals surface area contributed by atoms with Gasteiger partial charge in [-0.1, -0.05) is 303 Å². The van der Waals surface area contributed by atoms with E-state index in [1.165, 1.54) is 26.5 Å². The molecule has 4 amide bonds. The summed E-state index contributed by atoms with van der Waals surface area (Å²) < 4.78 is 17.6. The molecule has 0 bridgehead atoms. The van der Waals surface area contributed by atoms with Crippen LogP contribution in [0.5, 0.6) is 28.7 Å². The number of carbonyl (C=O) groups excluding carboxylic acids is 5. The second-order valence-electron chi connectivity index (χ2n) is 34.1. The van der Waals surface area contributed by atoms with Crippen molar-refractivity contribution in [3.8, 4) is 28.7 Å². The first-order valence-electron chi connectivity index (χ1n) is 38.7. The Morgan fingerprint density at radius 3 is 0.940 bits per heavy atom. The SMILES string of the molecule is CC(C)(C)c1ccc(O)cc1.CC(C)c1cccc(C(C)C)c1N1C(=O)c2cc(Br)c3c4cccc5c(Br)ccc(c6c(Br)cc(c2c36)C1=O)c54.CC(C)c1cccc(C(C)C)c1N1C(=O)c2cc(Oc3ccc(C(C)(C)C)cc3)c3c4cccc5c(Br)ccc(c6c(Oc7ccc(C(C)(C)C)cc7)cc(c2c36)C1=O)c54.O=CO[O-].[H-].[K+].[K+]. The minimum atomic E-state index is -0.376. The van der Waals surface area contributed by atoms with Crippen molar-refractivity contribution in [1.29, 1.82) is 0 Å². The summed E-state index contributed by atoms with van der Waals surface area (Å²) >= 11 is 15.3. The van der Waals surface area contributed by atoms with Gasteiger partial charge in [-0.05, 0) is 195 Å². The molecular weight excluding hydrogens is 1770 g/mol. The first-order valence-corrected chi connectivity index (χ1v) is 41.9. The van der Waals surface area contributed by atoms with Gasteiger partial charge in [0.15, 0.2) is 0 Å². The van der Waals surface area contributed by atoms with Gasteiger partial charge < -0.3 is 26.2 Å². The third-order valence-electron chi connectivity index (χ3n) is 22.2. The Bertz CT molecular complexity index is 6200. The summed E-state index contributed by atoms with van der Waals surface area (Å²) in [5.41, 5.74) is 10.8. The van der Waals surface area contributed by atoms with E-state index < -0.39 is 0 Å². The minimum Gasteiger partial charge on any atom is -1.00 e. The Labute approximate surface area is 803 Å². The zero-order chi connectivity index (χ0) is 82.7. The van der Waals surface area contributed by atoms with Crippen molar-refractivity contribution >= 4 is 191 Å². The van der Waals surface area contributed by atoms with Gasteiger partial charge in [0.05, 0.1) is 33.6 Å². The third-order valence-corrected chi connectivity index (χ3v) is 24.9. The van der Waals surface area contributed by atoms with Crippen molar-refractivity contribution in [2.75, 3.05) is 9.80 Å². The number of carbonyl (C=O) groups is 5. The van der Waals surface area contributed by atoms with Gasteiger partial charge in [-0.25, -0.2) is 9.80 Å². The molecular formula is C99H90Br4K2N2O10. The maximum absolute atomic E-state index is 15.4. The molecule has 15 aromatic rings. The fraction of sp³-hybridized carbons (Fsp3) is 0.242. The van der Waals surface area contributed by atoms with Crippen LogP contribution >= 0.6 is 63.7 Å². The van der Waals surface area contributed by atoms with Crippen LogP contribution in [0, 0.1) is 0 Å². The number of imide groups is 2. The molecule has 0 fully saturated rings. The predicted molar refractivity (Wildman–Crippen MR) is 483 cm³/mol. The van der Waals surface area contributed by atoms with Gasteiger partial charge in [0, 0.05) is 61.0 Å². The largest absolute Gasteiger partial charge is 1.00 e. The number of ether oxygens (including phenoxy) is 2. The number of halogens is 4. The number of phenolic OH excluding ortho intramolecular Hbond substituents is 1. The molecule has 0 unspecified atom stereocenters. The fourth-order valence-corrected chi connectivity index (χ4v) is 18.7. The van der Waals surface area contributed by atoms with Gasteiger partial charge in [0.25, 0.3) is 30.1 Å². The molecule has 1 N–H and O–H groups in total. The van der Waals surface area contributed by atoms with Gasteiger partial charge in [-0.3, -0.25) is 24.0 Å². The minimum absolute atomic E-state index is 0. The molecule has 0 saturated carbocycles. The number of benzene rings is 15. The monoisotopic (exact) mass is 1860 g/mol. The van der Waals surface area contributed by atoms with Crippen molar-refractivity contribution in [3.63, 3.8) is 0 Å². The van der Waals surface area contributed by atoms with Crippen LogP contribution in [-0.4, -0.2) is 35.2 Å². The summed E-state index contributed by atoms with van der Waals surface area (Å²) in [5, 5.41) is 32.5. The number of nitrogens with zero attached hydrogens (tertiary/aromatic N) is 2. The molecule has 586 valence electrons. The second kappa shape index (κ2) is 35.0. The summed E-state index contributed by atoms with van der Waals surface area (Å²) in [6.07, 6.45) is 0. The predicted octanol–water partition coefficient (Wildman–Crippen LogP) is 22.0. The standard InChI is InChI=1S/C54H50BrNO4.C34H24Br3NO2.C10H14O.CH2O3.2K.H/c1-29(2)35-13-11-14-36(30(3)4)50(35)56-51(57)40-27-43(59-33-21-17-31(18-22-33)53(5,6)7)47-38-16-12-15-37-42(55)26-25-39(45(37)38)48-44(28-41(52(56)58)46(40)49(47)48)60-34-23-19-32(20-24-34)54(8,9)10;1-15(2)17-7-5-8-18(16(3)4)32(17)38-33(39)22-13-25(36)29-20-10-6-9-19-24(35)12-11-21(27(19)20)30-26(37)14-23(34(38)40)28(22)31(29)30;1-10(2,3)8-4-6-9(11)7-5-8;2-1-4-3;;;/h11-30H,1-10H3;5-16H,1-4H3;4-7,11H,1-3H3;1,3H;;;/q;;;;2*+1;-1/p-1. The summed E-state index contributed by atoms with van der Waals surface area (Å²) in [7, 11) is 0. The first kappa shape index (κ1) is 89.5. The Balaban J connectivity index is 0.000000202. The average molecular weight is 1870 g/mol. The summed E-state index contributed by atoms with van der Waals surface area (Å²) in [4.78, 5) is 73.9. The normalized spacial score (nSPS) is 13.0. The number of aromatic hydroxyl groups is 1. The van der Waals surface area contributed by atoms with E-state index in [4.69, 9.17) is 24.6 Å². The second-order valence-corrected chi connectivity index (χ2v) is 37.5. The molecule has 0 atom stereocenters. The molecule has 0 saturated heterocycles. The Kier molecular flexibility index (Phi) is 26.7. The number of rotatable bonds is 11. The number of para-hydroxylation sites is 2. The first-order chi connectivity index (χ1) is 54.5. The van der Waals surface area contributed by atoms with Crippen molar-refractivity contribution in [2.24, 2.45) is 0 Å². The van der Waals surface area contributed by atoms with E-state index in [2.05, 4.69) is 271 Å². The van der Waals surface area contributed by atoms with Crippen LogP contribution in [0.4, 0.5) is 11.4 Å². The summed E-state index contributed by atoms with van der Waals surface area (Å²) in [6.45, 7) is 36.2. The van der Waals surface area contributed by atoms with Gasteiger partial charge in [0.2, 0.25) is 0 Å². The van der Waals surface area contributed by atoms with Crippen LogP contribution in [0.2, 0.25) is 0 Å². The Morgan fingerprint density at radius 2 is 0.624 bits per heavy atom. The zero-order valence-electron chi connectivity index (χ0n) is 70.4. The van der Waals surface area contributed by atoms with Crippen molar-refractivity contribution in [1.82, 2.24) is 0 Å². The van der Waals surface area contributed by atoms with E-state index >= 15 is 9.59 Å². The van der Waals surface area contributed by atoms with Crippen LogP contribution in [0.3, 0.4) is 0 Å². The number of hydrogen-bond acceptors (Lipinski definition) is 10. The number of phenols is 1. The van der Waals surface area contributed by atoms with Crippen LogP contribution in [-0.2, 0) is 25.9 Å². The van der Waals surface area contributed by atoms with Crippen LogP contribution < -0.4 is 127 Å². The van der Waals surface area contributed by atoms with Gasteiger partial charge in [-0.2, -0.15) is 0 Å². The molecule has 0 aromatic heterocycles. The molecule has 12 nitrogen and oxygen atoms in total. The zero-order valence-corrected chi connectivity index (χ0v) is 82.0. The van der Waals surface area contributed by atoms with Crippen molar-refractivity contribution in [3.05, 3.63) is 273 Å². The van der Waals surface area contributed by atoms with E-state index in [9.17, 15) is 9.59 Å². The number of anilines is 2. The van der Waals surface area contributed by atoms with E-state index in [0.717, 1.165) is 121 Å². The van der Waals surface area contributed by atoms with E-state index in [0.29, 0.717) is 67.8 Å².